The number of benzene rings is 3. The van der Waals surface area contributed by atoms with Gasteiger partial charge in [0.1, 0.15) is 36.2 Å². The van der Waals surface area contributed by atoms with Crippen molar-refractivity contribution in [1.29, 1.82) is 0 Å². The summed E-state index contributed by atoms with van der Waals surface area (Å²) in [5.74, 6) is -6.13. The van der Waals surface area contributed by atoms with Gasteiger partial charge in [-0.3, -0.25) is 14.4 Å². The van der Waals surface area contributed by atoms with Crippen LogP contribution in [0.1, 0.15) is 38.0 Å². The van der Waals surface area contributed by atoms with Crippen LogP contribution in [0.3, 0.4) is 0 Å². The Morgan fingerprint density at radius 1 is 0.976 bits per heavy atom. The summed E-state index contributed by atoms with van der Waals surface area (Å²) in [4.78, 5) is 41.9. The van der Waals surface area contributed by atoms with Gasteiger partial charge in [0.05, 0.1) is 18.3 Å². The molecule has 0 aliphatic carbocycles. The molecule has 2 bridgehead atoms. The maximum atomic E-state index is 14.2. The third kappa shape index (κ3) is 4.84. The molecule has 42 heavy (non-hydrogen) atoms. The fourth-order valence-corrected chi connectivity index (χ4v) is 4.95. The predicted octanol–water partition coefficient (Wildman–Crippen LogP) is 4.51. The van der Waals surface area contributed by atoms with Crippen molar-refractivity contribution in [3.63, 3.8) is 0 Å². The molecule has 0 spiro atoms. The van der Waals surface area contributed by atoms with Crippen molar-refractivity contribution in [2.24, 2.45) is 0 Å². The van der Waals surface area contributed by atoms with E-state index in [1.165, 1.54) is 21.7 Å². The number of aromatic nitrogens is 1. The lowest BCUT2D eigenvalue weighted by atomic mass is 10.1. The first-order chi connectivity index (χ1) is 20.2. The van der Waals surface area contributed by atoms with E-state index in [9.17, 15) is 31.9 Å². The van der Waals surface area contributed by atoms with Gasteiger partial charge in [0.2, 0.25) is 5.43 Å². The van der Waals surface area contributed by atoms with E-state index in [0.717, 1.165) is 18.2 Å². The first-order valence-electron chi connectivity index (χ1n) is 12.8. The molecule has 0 fully saturated rings. The zero-order valence-electron chi connectivity index (χ0n) is 21.7. The average Bonchev–Trinajstić information content (AvgIpc) is 3.13. The third-order valence-electron chi connectivity index (χ3n) is 7.08. The van der Waals surface area contributed by atoms with Gasteiger partial charge < -0.3 is 24.3 Å². The Bertz CT molecular complexity index is 1790. The lowest BCUT2D eigenvalue weighted by Gasteiger charge is -2.34. The van der Waals surface area contributed by atoms with Crippen LogP contribution in [-0.4, -0.2) is 29.5 Å². The number of carbonyl (C=O) groups is 2. The molecule has 0 saturated carbocycles. The second kappa shape index (κ2) is 10.7. The predicted molar refractivity (Wildman–Crippen MR) is 142 cm³/mol. The molecule has 0 saturated heterocycles. The monoisotopic (exact) mass is 579 g/mol. The van der Waals surface area contributed by atoms with Crippen LogP contribution >= 0.6 is 0 Å². The number of nitrogens with one attached hydrogen (secondary N) is 1. The molecule has 4 aromatic rings. The van der Waals surface area contributed by atoms with Crippen LogP contribution < -0.4 is 25.1 Å². The lowest BCUT2D eigenvalue weighted by molar-refractivity contribution is 0.0924. The highest BCUT2D eigenvalue weighted by atomic mass is 19.2. The topological polar surface area (TPSA) is 89.9 Å². The number of ether oxygens (including phenoxy) is 2. The van der Waals surface area contributed by atoms with E-state index in [-0.39, 0.29) is 49.0 Å². The normalized spacial score (nSPS) is 15.3. The smallest absolute Gasteiger partial charge is 0.279 e. The highest BCUT2D eigenvalue weighted by Crippen LogP contribution is 2.40. The molecule has 1 N–H and O–H groups in total. The minimum atomic E-state index is -1.18. The molecule has 6 rings (SSSR count). The Balaban J connectivity index is 1.42. The molecule has 214 valence electrons. The van der Waals surface area contributed by atoms with E-state index in [1.807, 2.05) is 0 Å². The number of fused-ring (bicyclic) bond motifs is 6. The Morgan fingerprint density at radius 3 is 2.50 bits per heavy atom. The van der Waals surface area contributed by atoms with Crippen molar-refractivity contribution < 1.29 is 36.6 Å². The van der Waals surface area contributed by atoms with Gasteiger partial charge in [0.15, 0.2) is 23.1 Å². The summed E-state index contributed by atoms with van der Waals surface area (Å²) in [7, 11) is 0. The van der Waals surface area contributed by atoms with E-state index in [1.54, 1.807) is 30.3 Å². The van der Waals surface area contributed by atoms with Crippen LogP contribution in [0.25, 0.3) is 0 Å². The minimum Gasteiger partial charge on any atom is -0.489 e. The molecule has 0 radical (unpaired) electrons. The van der Waals surface area contributed by atoms with Gasteiger partial charge in [-0.15, -0.1) is 0 Å². The van der Waals surface area contributed by atoms with Crippen molar-refractivity contribution in [3.05, 3.63) is 123 Å². The summed E-state index contributed by atoms with van der Waals surface area (Å²) >= 11 is 0. The summed E-state index contributed by atoms with van der Waals surface area (Å²) in [5.41, 5.74) is -0.863. The van der Waals surface area contributed by atoms with Gasteiger partial charge in [-0.1, -0.05) is 36.4 Å². The second-order valence-electron chi connectivity index (χ2n) is 9.76. The average molecular weight is 580 g/mol. The number of nitrogens with zero attached hydrogens (tertiary/aromatic N) is 2. The number of rotatable bonds is 6. The Hall–Kier alpha value is -5.13. The molecular weight excluding hydrogens is 558 g/mol. The number of carbonyl (C=O) groups excluding carboxylic acids is 2. The van der Waals surface area contributed by atoms with Crippen LogP contribution in [0.5, 0.6) is 11.5 Å². The van der Waals surface area contributed by atoms with E-state index < -0.39 is 57.9 Å². The maximum absolute atomic E-state index is 14.2. The molecule has 2 aliphatic heterocycles. The molecule has 2 amide bonds. The first kappa shape index (κ1) is 27.1. The molecule has 1 aromatic heterocycles. The van der Waals surface area contributed by atoms with Gasteiger partial charge in [-0.25, -0.2) is 17.6 Å². The minimum absolute atomic E-state index is 0.0106. The molecule has 1 unspecified atom stereocenters. The molecule has 1 atom stereocenters. The zero-order chi connectivity index (χ0) is 29.5. The van der Waals surface area contributed by atoms with E-state index in [0.29, 0.717) is 11.6 Å². The van der Waals surface area contributed by atoms with Crippen LogP contribution in [0.15, 0.2) is 71.7 Å². The summed E-state index contributed by atoms with van der Waals surface area (Å²) in [6.45, 7) is -0.623. The summed E-state index contributed by atoms with van der Waals surface area (Å²) < 4.78 is 68.6. The number of pyridine rings is 1. The summed E-state index contributed by atoms with van der Waals surface area (Å²) in [5, 5.41) is 2.45. The Morgan fingerprint density at radius 2 is 1.74 bits per heavy atom. The van der Waals surface area contributed by atoms with Crippen molar-refractivity contribution in [2.75, 3.05) is 18.1 Å². The van der Waals surface area contributed by atoms with Crippen LogP contribution in [-0.2, 0) is 13.2 Å². The van der Waals surface area contributed by atoms with Gasteiger partial charge in [-0.2, -0.15) is 0 Å². The first-order valence-corrected chi connectivity index (χ1v) is 12.8. The SMILES string of the molecule is O=C(NCc1ccc(F)cc1F)c1cn2c(c(OCc3ccccc3)c1=O)C(=O)N1CC2COc2cc(F)c(F)cc21. The number of hydrogen-bond donors (Lipinski definition) is 1. The quantitative estimate of drug-likeness (QED) is 0.340. The summed E-state index contributed by atoms with van der Waals surface area (Å²) in [6.07, 6.45) is 1.18. The van der Waals surface area contributed by atoms with Gasteiger partial charge >= 0.3 is 0 Å². The Kier molecular flexibility index (Phi) is 6.89. The lowest BCUT2D eigenvalue weighted by Crippen LogP contribution is -2.46. The molecule has 12 heteroatoms. The Labute approximate surface area is 235 Å². The van der Waals surface area contributed by atoms with Gasteiger partial charge in [-0.05, 0) is 11.6 Å². The molecule has 3 aromatic carbocycles. The highest BCUT2D eigenvalue weighted by molar-refractivity contribution is 6.09. The fraction of sp³-hybridized carbons (Fsp3) is 0.167. The van der Waals surface area contributed by atoms with Crippen molar-refractivity contribution in [1.82, 2.24) is 9.88 Å². The standard InChI is InChI=1S/C30H21F4N3O5/c31-18-7-6-17(21(32)8-18)11-35-29(39)20-13-36-19-12-37(24-9-22(33)23(34)10-25(24)41-15-19)30(40)26(36)28(27(20)38)42-14-16-4-2-1-3-5-16/h1-10,13,19H,11-12,14-15H2,(H,35,39). The van der Waals surface area contributed by atoms with E-state index >= 15 is 0 Å². The number of hydrogen-bond acceptors (Lipinski definition) is 5. The van der Waals surface area contributed by atoms with Crippen LogP contribution in [0, 0.1) is 23.3 Å². The van der Waals surface area contributed by atoms with Crippen molar-refractivity contribution >= 4 is 17.5 Å². The molecule has 8 nitrogen and oxygen atoms in total. The molecule has 3 heterocycles. The maximum Gasteiger partial charge on any atom is 0.279 e. The van der Waals surface area contributed by atoms with Crippen molar-refractivity contribution in [3.8, 4) is 11.5 Å². The largest absolute Gasteiger partial charge is 0.489 e. The van der Waals surface area contributed by atoms with Gasteiger partial charge in [0.25, 0.3) is 11.8 Å². The number of halogens is 4. The van der Waals surface area contributed by atoms with E-state index in [2.05, 4.69) is 5.32 Å². The number of amides is 2. The van der Waals surface area contributed by atoms with Crippen LogP contribution in [0.2, 0.25) is 0 Å². The highest BCUT2D eigenvalue weighted by Gasteiger charge is 2.40. The van der Waals surface area contributed by atoms with Crippen molar-refractivity contribution in [2.45, 2.75) is 19.2 Å². The van der Waals surface area contributed by atoms with Gasteiger partial charge in [0, 0.05) is 36.5 Å². The molecular formula is C30H21F4N3O5. The van der Waals surface area contributed by atoms with E-state index in [4.69, 9.17) is 9.47 Å². The fourth-order valence-electron chi connectivity index (χ4n) is 4.95. The third-order valence-corrected chi connectivity index (χ3v) is 7.08. The molecule has 2 aliphatic rings. The number of anilines is 1. The summed E-state index contributed by atoms with van der Waals surface area (Å²) in [6, 6.07) is 12.7. The van der Waals surface area contributed by atoms with Crippen LogP contribution in [0.4, 0.5) is 23.2 Å². The zero-order valence-corrected chi connectivity index (χ0v) is 21.7. The second-order valence-corrected chi connectivity index (χ2v) is 9.76.